The van der Waals surface area contributed by atoms with Crippen LogP contribution >= 0.6 is 11.8 Å². The van der Waals surface area contributed by atoms with Gasteiger partial charge in [0.25, 0.3) is 0 Å². The number of hydrogen-bond acceptors (Lipinski definition) is 3. The fraction of sp³-hybridized carbons (Fsp3) is 0.692. The van der Waals surface area contributed by atoms with E-state index in [-0.39, 0.29) is 11.9 Å². The maximum Gasteiger partial charge on any atom is 0.307 e. The molecule has 3 unspecified atom stereocenters. The summed E-state index contributed by atoms with van der Waals surface area (Å²) in [5.41, 5.74) is 0. The zero-order valence-electron chi connectivity index (χ0n) is 10.9. The summed E-state index contributed by atoms with van der Waals surface area (Å²) in [6.45, 7) is 4.03. The van der Waals surface area contributed by atoms with Gasteiger partial charge in [-0.25, -0.2) is 0 Å². The summed E-state index contributed by atoms with van der Waals surface area (Å²) in [6.07, 6.45) is 4.72. The maximum atomic E-state index is 12.1. The van der Waals surface area contributed by atoms with Gasteiger partial charge in [0.05, 0.1) is 11.8 Å². The van der Waals surface area contributed by atoms with Crippen molar-refractivity contribution in [3.05, 3.63) is 12.2 Å². The Kier molecular flexibility index (Phi) is 6.25. The van der Waals surface area contributed by atoms with Crippen molar-refractivity contribution in [3.63, 3.8) is 0 Å². The lowest BCUT2D eigenvalue weighted by Gasteiger charge is -2.25. The number of hydrogen-bond donors (Lipinski definition) is 2. The van der Waals surface area contributed by atoms with Crippen molar-refractivity contribution in [2.24, 2.45) is 11.8 Å². The second-order valence-corrected chi connectivity index (χ2v) is 5.88. The topological polar surface area (TPSA) is 66.4 Å². The van der Waals surface area contributed by atoms with E-state index in [1.54, 1.807) is 11.8 Å². The van der Waals surface area contributed by atoms with Crippen LogP contribution in [0.1, 0.15) is 26.7 Å². The number of rotatable bonds is 6. The van der Waals surface area contributed by atoms with Gasteiger partial charge in [-0.15, -0.1) is 0 Å². The molecule has 0 spiro atoms. The quantitative estimate of drug-likeness (QED) is 0.724. The number of carboxylic acids is 1. The van der Waals surface area contributed by atoms with Gasteiger partial charge in [-0.1, -0.05) is 19.1 Å². The molecule has 0 saturated carbocycles. The van der Waals surface area contributed by atoms with Gasteiger partial charge in [0.2, 0.25) is 5.91 Å². The molecule has 0 radical (unpaired) electrons. The molecule has 0 heterocycles. The first-order chi connectivity index (χ1) is 8.56. The van der Waals surface area contributed by atoms with Gasteiger partial charge in [0.1, 0.15) is 0 Å². The highest BCUT2D eigenvalue weighted by atomic mass is 32.2. The molecule has 0 bridgehead atoms. The van der Waals surface area contributed by atoms with Gasteiger partial charge in [-0.3, -0.25) is 9.59 Å². The number of thioether (sulfide) groups is 1. The van der Waals surface area contributed by atoms with Crippen LogP contribution in [0.4, 0.5) is 0 Å². The van der Waals surface area contributed by atoms with Crippen LogP contribution in [0.5, 0.6) is 0 Å². The molecule has 102 valence electrons. The Morgan fingerprint density at radius 1 is 1.39 bits per heavy atom. The number of nitrogens with one attached hydrogen (secondary N) is 1. The minimum absolute atomic E-state index is 0.0859. The summed E-state index contributed by atoms with van der Waals surface area (Å²) in [5.74, 6) is -0.138. The van der Waals surface area contributed by atoms with Crippen molar-refractivity contribution < 1.29 is 14.7 Å². The SMILES string of the molecule is CCSCC(C)NC(=O)C1CC=CCC1C(=O)O. The Morgan fingerprint density at radius 2 is 2.00 bits per heavy atom. The standard InChI is InChI=1S/C13H21NO3S/c1-3-18-8-9(2)14-12(15)10-6-4-5-7-11(10)13(16)17/h4-5,9-11H,3,6-8H2,1-2H3,(H,14,15)(H,16,17). The molecule has 4 nitrogen and oxygen atoms in total. The molecule has 1 amide bonds. The van der Waals surface area contributed by atoms with Crippen molar-refractivity contribution in [2.45, 2.75) is 32.7 Å². The molecule has 5 heteroatoms. The minimum Gasteiger partial charge on any atom is -0.481 e. The molecule has 0 aliphatic heterocycles. The predicted molar refractivity (Wildman–Crippen MR) is 73.6 cm³/mol. The summed E-state index contributed by atoms with van der Waals surface area (Å²) in [6, 6.07) is 0.0859. The van der Waals surface area contributed by atoms with Crippen LogP contribution < -0.4 is 5.32 Å². The minimum atomic E-state index is -0.880. The van der Waals surface area contributed by atoms with E-state index in [2.05, 4.69) is 12.2 Å². The second-order valence-electron chi connectivity index (χ2n) is 4.56. The van der Waals surface area contributed by atoms with Crippen molar-refractivity contribution in [1.29, 1.82) is 0 Å². The maximum absolute atomic E-state index is 12.1. The van der Waals surface area contributed by atoms with Crippen LogP contribution in [-0.2, 0) is 9.59 Å². The zero-order valence-corrected chi connectivity index (χ0v) is 11.7. The first-order valence-corrected chi connectivity index (χ1v) is 7.47. The highest BCUT2D eigenvalue weighted by molar-refractivity contribution is 7.99. The molecular formula is C13H21NO3S. The molecule has 0 saturated heterocycles. The fourth-order valence-corrected chi connectivity index (χ4v) is 2.74. The number of aliphatic carboxylic acids is 1. The molecule has 3 atom stereocenters. The van der Waals surface area contributed by atoms with Crippen molar-refractivity contribution in [2.75, 3.05) is 11.5 Å². The largest absolute Gasteiger partial charge is 0.481 e. The molecule has 2 N–H and O–H groups in total. The van der Waals surface area contributed by atoms with Crippen molar-refractivity contribution in [3.8, 4) is 0 Å². The Morgan fingerprint density at radius 3 is 2.56 bits per heavy atom. The molecule has 0 aromatic heterocycles. The monoisotopic (exact) mass is 271 g/mol. The van der Waals surface area contributed by atoms with E-state index in [0.717, 1.165) is 11.5 Å². The van der Waals surface area contributed by atoms with E-state index >= 15 is 0 Å². The molecule has 18 heavy (non-hydrogen) atoms. The van der Waals surface area contributed by atoms with Crippen LogP contribution in [0.2, 0.25) is 0 Å². The van der Waals surface area contributed by atoms with Crippen molar-refractivity contribution in [1.82, 2.24) is 5.32 Å². The van der Waals surface area contributed by atoms with E-state index in [9.17, 15) is 9.59 Å². The lowest BCUT2D eigenvalue weighted by Crippen LogP contribution is -2.43. The molecule has 1 rings (SSSR count). The van der Waals surface area contributed by atoms with Crippen LogP contribution in [-0.4, -0.2) is 34.5 Å². The number of carbonyl (C=O) groups excluding carboxylic acids is 1. The van der Waals surface area contributed by atoms with Crippen LogP contribution in [0, 0.1) is 11.8 Å². The van der Waals surface area contributed by atoms with Gasteiger partial charge in [-0.05, 0) is 25.5 Å². The molecular weight excluding hydrogens is 250 g/mol. The second kappa shape index (κ2) is 7.46. The summed E-state index contributed by atoms with van der Waals surface area (Å²) in [7, 11) is 0. The number of allylic oxidation sites excluding steroid dienone is 2. The molecule has 0 aromatic carbocycles. The summed E-state index contributed by atoms with van der Waals surface area (Å²) < 4.78 is 0. The Labute approximate surface area is 112 Å². The third-order valence-electron chi connectivity index (χ3n) is 3.05. The van der Waals surface area contributed by atoms with Gasteiger partial charge >= 0.3 is 5.97 Å². The highest BCUT2D eigenvalue weighted by Crippen LogP contribution is 2.26. The lowest BCUT2D eigenvalue weighted by molar-refractivity contribution is -0.147. The number of carboxylic acid groups (broad SMARTS) is 1. The Hall–Kier alpha value is -0.970. The fourth-order valence-electron chi connectivity index (χ4n) is 2.06. The Balaban J connectivity index is 2.53. The lowest BCUT2D eigenvalue weighted by atomic mass is 9.82. The van der Waals surface area contributed by atoms with E-state index in [4.69, 9.17) is 5.11 Å². The smallest absolute Gasteiger partial charge is 0.307 e. The number of carbonyl (C=O) groups is 2. The van der Waals surface area contributed by atoms with Gasteiger partial charge in [0, 0.05) is 11.8 Å². The van der Waals surface area contributed by atoms with Gasteiger partial charge < -0.3 is 10.4 Å². The van der Waals surface area contributed by atoms with Crippen molar-refractivity contribution >= 4 is 23.6 Å². The normalized spacial score (nSPS) is 24.6. The predicted octanol–water partition coefficient (Wildman–Crippen LogP) is 1.91. The molecule has 0 aromatic rings. The average molecular weight is 271 g/mol. The molecule has 1 aliphatic rings. The summed E-state index contributed by atoms with van der Waals surface area (Å²) in [4.78, 5) is 23.2. The molecule has 0 fully saturated rings. The first-order valence-electron chi connectivity index (χ1n) is 6.32. The van der Waals surface area contributed by atoms with Crippen LogP contribution in [0.25, 0.3) is 0 Å². The van der Waals surface area contributed by atoms with E-state index in [1.165, 1.54) is 0 Å². The van der Waals surface area contributed by atoms with E-state index < -0.39 is 17.8 Å². The van der Waals surface area contributed by atoms with E-state index in [0.29, 0.717) is 12.8 Å². The van der Waals surface area contributed by atoms with Crippen LogP contribution in [0.3, 0.4) is 0 Å². The van der Waals surface area contributed by atoms with Gasteiger partial charge in [-0.2, -0.15) is 11.8 Å². The highest BCUT2D eigenvalue weighted by Gasteiger charge is 2.34. The third-order valence-corrected chi connectivity index (χ3v) is 4.19. The number of amides is 1. The first kappa shape index (κ1) is 15.1. The van der Waals surface area contributed by atoms with E-state index in [1.807, 2.05) is 19.1 Å². The summed E-state index contributed by atoms with van der Waals surface area (Å²) >= 11 is 1.77. The summed E-state index contributed by atoms with van der Waals surface area (Å²) in [5, 5.41) is 12.0. The Bertz CT molecular complexity index is 330. The molecule has 1 aliphatic carbocycles. The van der Waals surface area contributed by atoms with Gasteiger partial charge in [0.15, 0.2) is 0 Å². The third kappa shape index (κ3) is 4.37. The van der Waals surface area contributed by atoms with Crippen LogP contribution in [0.15, 0.2) is 12.2 Å². The zero-order chi connectivity index (χ0) is 13.5. The average Bonchev–Trinajstić information content (AvgIpc) is 2.36.